The predicted molar refractivity (Wildman–Crippen MR) is 78.0 cm³/mol. The van der Waals surface area contributed by atoms with Gasteiger partial charge < -0.3 is 14.8 Å². The molecule has 0 aliphatic heterocycles. The van der Waals surface area contributed by atoms with Gasteiger partial charge in [-0.15, -0.1) is 0 Å². The Balaban J connectivity index is 1.68. The minimum atomic E-state index is 0.505. The summed E-state index contributed by atoms with van der Waals surface area (Å²) in [6.07, 6.45) is 3.52. The highest BCUT2D eigenvalue weighted by Gasteiger charge is 1.98. The third-order valence-electron chi connectivity index (χ3n) is 2.80. The van der Waals surface area contributed by atoms with Crippen molar-refractivity contribution in [2.75, 3.05) is 19.8 Å². The Labute approximate surface area is 119 Å². The van der Waals surface area contributed by atoms with Gasteiger partial charge in [-0.3, -0.25) is 4.68 Å². The number of aromatic nitrogens is 2. The normalized spacial score (nSPS) is 10.5. The van der Waals surface area contributed by atoms with E-state index in [0.717, 1.165) is 24.6 Å². The molecule has 0 radical (unpaired) electrons. The van der Waals surface area contributed by atoms with E-state index in [1.165, 1.54) is 5.56 Å². The molecule has 1 N–H and O–H groups in total. The summed E-state index contributed by atoms with van der Waals surface area (Å²) in [5.41, 5.74) is 1.26. The molecule has 2 rings (SSSR count). The van der Waals surface area contributed by atoms with Crippen molar-refractivity contribution >= 4 is 0 Å². The zero-order valence-corrected chi connectivity index (χ0v) is 12.0. The second-order valence-electron chi connectivity index (χ2n) is 4.47. The zero-order valence-electron chi connectivity index (χ0n) is 12.0. The molecule has 0 amide bonds. The predicted octanol–water partition coefficient (Wildman–Crippen LogP) is 1.99. The van der Waals surface area contributed by atoms with Gasteiger partial charge in [0.15, 0.2) is 5.75 Å². The zero-order chi connectivity index (χ0) is 14.2. The third kappa shape index (κ3) is 4.59. The van der Waals surface area contributed by atoms with Gasteiger partial charge in [0.1, 0.15) is 19.0 Å². The first kappa shape index (κ1) is 14.4. The van der Waals surface area contributed by atoms with Crippen LogP contribution in [0.5, 0.6) is 11.5 Å². The maximum absolute atomic E-state index is 5.62. The largest absolute Gasteiger partial charge is 0.490 e. The van der Waals surface area contributed by atoms with Crippen LogP contribution in [0.25, 0.3) is 0 Å². The molecular weight excluding hydrogens is 254 g/mol. The molecule has 0 unspecified atom stereocenters. The monoisotopic (exact) mass is 275 g/mol. The maximum Gasteiger partial charge on any atom is 0.157 e. The van der Waals surface area contributed by atoms with Crippen LogP contribution in [0.15, 0.2) is 36.7 Å². The van der Waals surface area contributed by atoms with Crippen LogP contribution in [0.4, 0.5) is 0 Å². The van der Waals surface area contributed by atoms with Crippen LogP contribution in [-0.4, -0.2) is 29.5 Å². The standard InChI is InChI=1S/C15H21N3O2/c1-3-16-10-13-4-6-14(7-5-13)19-8-9-20-15-11-17-18(2)12-15/h4-7,11-12,16H,3,8-10H2,1-2H3. The molecule has 1 heterocycles. The highest BCUT2D eigenvalue weighted by Crippen LogP contribution is 2.12. The molecule has 5 heteroatoms. The van der Waals surface area contributed by atoms with Gasteiger partial charge in [0.05, 0.1) is 12.4 Å². The number of aryl methyl sites for hydroxylation is 1. The summed E-state index contributed by atoms with van der Waals surface area (Å²) in [4.78, 5) is 0. The molecule has 20 heavy (non-hydrogen) atoms. The van der Waals surface area contributed by atoms with E-state index in [1.54, 1.807) is 10.9 Å². The Hall–Kier alpha value is -2.01. The van der Waals surface area contributed by atoms with Crippen molar-refractivity contribution < 1.29 is 9.47 Å². The maximum atomic E-state index is 5.62. The number of ether oxygens (including phenoxy) is 2. The van der Waals surface area contributed by atoms with Gasteiger partial charge in [-0.05, 0) is 24.2 Å². The summed E-state index contributed by atoms with van der Waals surface area (Å²) in [5, 5.41) is 7.32. The van der Waals surface area contributed by atoms with Gasteiger partial charge in [-0.25, -0.2) is 0 Å². The molecular formula is C15H21N3O2. The number of benzene rings is 1. The van der Waals surface area contributed by atoms with Crippen molar-refractivity contribution in [2.45, 2.75) is 13.5 Å². The van der Waals surface area contributed by atoms with Crippen LogP contribution in [0.1, 0.15) is 12.5 Å². The van der Waals surface area contributed by atoms with Crippen molar-refractivity contribution in [1.82, 2.24) is 15.1 Å². The topological polar surface area (TPSA) is 48.3 Å². The van der Waals surface area contributed by atoms with Crippen LogP contribution in [0.3, 0.4) is 0 Å². The highest BCUT2D eigenvalue weighted by molar-refractivity contribution is 5.27. The number of hydrogen-bond acceptors (Lipinski definition) is 4. The Morgan fingerprint density at radius 1 is 1.10 bits per heavy atom. The van der Waals surface area contributed by atoms with Crippen molar-refractivity contribution in [2.24, 2.45) is 7.05 Å². The van der Waals surface area contributed by atoms with E-state index in [1.807, 2.05) is 25.4 Å². The Morgan fingerprint density at radius 3 is 2.40 bits per heavy atom. The van der Waals surface area contributed by atoms with Crippen LogP contribution in [0.2, 0.25) is 0 Å². The molecule has 0 fully saturated rings. The lowest BCUT2D eigenvalue weighted by Crippen LogP contribution is -2.11. The van der Waals surface area contributed by atoms with Gasteiger partial charge >= 0.3 is 0 Å². The summed E-state index contributed by atoms with van der Waals surface area (Å²) in [5.74, 6) is 1.62. The van der Waals surface area contributed by atoms with E-state index in [4.69, 9.17) is 9.47 Å². The van der Waals surface area contributed by atoms with E-state index in [-0.39, 0.29) is 0 Å². The Morgan fingerprint density at radius 2 is 1.80 bits per heavy atom. The lowest BCUT2D eigenvalue weighted by atomic mass is 10.2. The van der Waals surface area contributed by atoms with E-state index in [0.29, 0.717) is 13.2 Å². The van der Waals surface area contributed by atoms with Gasteiger partial charge in [-0.1, -0.05) is 19.1 Å². The van der Waals surface area contributed by atoms with Gasteiger partial charge in [0.25, 0.3) is 0 Å². The summed E-state index contributed by atoms with van der Waals surface area (Å²) in [6, 6.07) is 8.10. The fourth-order valence-corrected chi connectivity index (χ4v) is 1.77. The molecule has 0 saturated heterocycles. The highest BCUT2D eigenvalue weighted by atomic mass is 16.5. The van der Waals surface area contributed by atoms with E-state index in [9.17, 15) is 0 Å². The van der Waals surface area contributed by atoms with Crippen LogP contribution in [0, 0.1) is 0 Å². The average Bonchev–Trinajstić information content (AvgIpc) is 2.88. The van der Waals surface area contributed by atoms with E-state index >= 15 is 0 Å². The first-order valence-corrected chi connectivity index (χ1v) is 6.82. The molecule has 108 valence electrons. The van der Waals surface area contributed by atoms with Crippen LogP contribution < -0.4 is 14.8 Å². The fourth-order valence-electron chi connectivity index (χ4n) is 1.77. The average molecular weight is 275 g/mol. The van der Waals surface area contributed by atoms with Gasteiger partial charge in [-0.2, -0.15) is 5.10 Å². The second kappa shape index (κ2) is 7.55. The van der Waals surface area contributed by atoms with E-state index < -0.39 is 0 Å². The fraction of sp³-hybridized carbons (Fsp3) is 0.400. The molecule has 5 nitrogen and oxygen atoms in total. The molecule has 1 aromatic heterocycles. The summed E-state index contributed by atoms with van der Waals surface area (Å²) in [7, 11) is 1.86. The third-order valence-corrected chi connectivity index (χ3v) is 2.80. The minimum absolute atomic E-state index is 0.505. The van der Waals surface area contributed by atoms with E-state index in [2.05, 4.69) is 29.5 Å². The lowest BCUT2D eigenvalue weighted by molar-refractivity contribution is 0.217. The van der Waals surface area contributed by atoms with Gasteiger partial charge in [0.2, 0.25) is 0 Å². The smallest absolute Gasteiger partial charge is 0.157 e. The molecule has 0 saturated carbocycles. The number of hydrogen-bond donors (Lipinski definition) is 1. The van der Waals surface area contributed by atoms with Crippen molar-refractivity contribution in [3.05, 3.63) is 42.2 Å². The first-order chi connectivity index (χ1) is 9.78. The first-order valence-electron chi connectivity index (χ1n) is 6.82. The summed E-state index contributed by atoms with van der Waals surface area (Å²) in [6.45, 7) is 4.98. The molecule has 0 atom stereocenters. The van der Waals surface area contributed by atoms with Crippen LogP contribution >= 0.6 is 0 Å². The quantitative estimate of drug-likeness (QED) is 0.748. The van der Waals surface area contributed by atoms with Gasteiger partial charge in [0, 0.05) is 13.6 Å². The van der Waals surface area contributed by atoms with Crippen LogP contribution in [-0.2, 0) is 13.6 Å². The molecule has 0 aliphatic carbocycles. The Bertz CT molecular complexity index is 508. The van der Waals surface area contributed by atoms with Crippen molar-refractivity contribution in [3.63, 3.8) is 0 Å². The van der Waals surface area contributed by atoms with Crippen molar-refractivity contribution in [3.8, 4) is 11.5 Å². The molecule has 0 aliphatic rings. The summed E-state index contributed by atoms with van der Waals surface area (Å²) < 4.78 is 12.8. The minimum Gasteiger partial charge on any atom is -0.490 e. The molecule has 0 spiro atoms. The molecule has 2 aromatic rings. The molecule has 1 aromatic carbocycles. The lowest BCUT2D eigenvalue weighted by Gasteiger charge is -2.08. The van der Waals surface area contributed by atoms with Crippen molar-refractivity contribution in [1.29, 1.82) is 0 Å². The number of nitrogens with one attached hydrogen (secondary N) is 1. The second-order valence-corrected chi connectivity index (χ2v) is 4.47. The number of nitrogens with zero attached hydrogens (tertiary/aromatic N) is 2. The Kier molecular flexibility index (Phi) is 5.43. The summed E-state index contributed by atoms with van der Waals surface area (Å²) >= 11 is 0. The number of rotatable bonds is 8. The SMILES string of the molecule is CCNCc1ccc(OCCOc2cnn(C)c2)cc1. The molecule has 0 bridgehead atoms.